The molecule has 0 spiro atoms. The van der Waals surface area contributed by atoms with Gasteiger partial charge in [-0.1, -0.05) is 11.6 Å². The van der Waals surface area contributed by atoms with E-state index < -0.39 is 6.04 Å². The molecule has 1 saturated carbocycles. The number of nitrogens with zero attached hydrogens (tertiary/aromatic N) is 4. The van der Waals surface area contributed by atoms with Crippen LogP contribution in [0.2, 0.25) is 5.15 Å². The van der Waals surface area contributed by atoms with Gasteiger partial charge in [0.05, 0.1) is 17.3 Å². The van der Waals surface area contributed by atoms with Crippen molar-refractivity contribution >= 4 is 46.0 Å². The maximum atomic E-state index is 11.8. The number of likely N-dealkylation sites (N-methyl/N-ethyl adjacent to an activating group) is 1. The van der Waals surface area contributed by atoms with Crippen LogP contribution in [0.5, 0.6) is 0 Å². The zero-order chi connectivity index (χ0) is 19.8. The fourth-order valence-corrected chi connectivity index (χ4v) is 3.32. The van der Waals surface area contributed by atoms with Crippen LogP contribution in [0.15, 0.2) is 18.5 Å². The highest BCUT2D eigenvalue weighted by molar-refractivity contribution is 6.32. The van der Waals surface area contributed by atoms with Crippen molar-refractivity contribution in [2.24, 2.45) is 5.92 Å². The summed E-state index contributed by atoms with van der Waals surface area (Å²) in [7, 11) is 1.58. The van der Waals surface area contributed by atoms with Crippen LogP contribution in [0.4, 0.5) is 17.5 Å². The van der Waals surface area contributed by atoms with E-state index >= 15 is 0 Å². The molecule has 1 aliphatic rings. The van der Waals surface area contributed by atoms with E-state index in [1.165, 1.54) is 17.5 Å². The van der Waals surface area contributed by atoms with E-state index in [-0.39, 0.29) is 11.1 Å². The quantitative estimate of drug-likeness (QED) is 0.483. The van der Waals surface area contributed by atoms with E-state index in [1.54, 1.807) is 20.2 Å². The summed E-state index contributed by atoms with van der Waals surface area (Å²) >= 11 is 6.25. The number of hydrogen-bond donors (Lipinski definition) is 4. The molecule has 0 aliphatic heterocycles. The molecule has 1 fully saturated rings. The summed E-state index contributed by atoms with van der Waals surface area (Å²) in [4.78, 5) is 24.1. The van der Waals surface area contributed by atoms with Gasteiger partial charge in [-0.2, -0.15) is 15.1 Å². The zero-order valence-corrected chi connectivity index (χ0v) is 16.7. The predicted octanol–water partition coefficient (Wildman–Crippen LogP) is 3.07. The summed E-state index contributed by atoms with van der Waals surface area (Å²) in [6, 6.07) is 1.82. The Morgan fingerprint density at radius 1 is 1.36 bits per heavy atom. The Morgan fingerprint density at radius 2 is 2.14 bits per heavy atom. The fraction of sp³-hybridized carbons (Fsp3) is 0.444. The number of amides is 1. The molecule has 148 valence electrons. The zero-order valence-electron chi connectivity index (χ0n) is 16.0. The predicted molar refractivity (Wildman–Crippen MR) is 109 cm³/mol. The molecule has 28 heavy (non-hydrogen) atoms. The number of H-pyrrole nitrogens is 1. The first-order valence-corrected chi connectivity index (χ1v) is 9.69. The molecule has 4 rings (SSSR count). The molecule has 0 radical (unpaired) electrons. The summed E-state index contributed by atoms with van der Waals surface area (Å²) in [5, 5.41) is 14.6. The number of aromatic nitrogens is 5. The SMILES string of the molecule is CNC(=O)C(C)n1cc(Nc2nc(N[C@@H](C)C3CC3)c3cc[nH]c3n2)c(Cl)n1. The van der Waals surface area contributed by atoms with Crippen molar-refractivity contribution in [3.63, 3.8) is 0 Å². The van der Waals surface area contributed by atoms with Gasteiger partial charge >= 0.3 is 0 Å². The lowest BCUT2D eigenvalue weighted by Gasteiger charge is -2.15. The van der Waals surface area contributed by atoms with Gasteiger partial charge in [0.2, 0.25) is 11.9 Å². The summed E-state index contributed by atoms with van der Waals surface area (Å²) in [6.07, 6.45) is 6.01. The van der Waals surface area contributed by atoms with Crippen LogP contribution in [-0.2, 0) is 4.79 Å². The second kappa shape index (κ2) is 7.31. The van der Waals surface area contributed by atoms with Gasteiger partial charge in [-0.3, -0.25) is 9.48 Å². The van der Waals surface area contributed by atoms with Crippen molar-refractivity contribution in [2.45, 2.75) is 38.8 Å². The van der Waals surface area contributed by atoms with Crippen molar-refractivity contribution in [3.05, 3.63) is 23.6 Å². The number of carbonyl (C=O) groups excluding carboxylic acids is 1. The topological polar surface area (TPSA) is 113 Å². The number of anilines is 3. The van der Waals surface area contributed by atoms with E-state index in [4.69, 9.17) is 11.6 Å². The van der Waals surface area contributed by atoms with Gasteiger partial charge in [0.1, 0.15) is 17.5 Å². The first-order chi connectivity index (χ1) is 13.5. The van der Waals surface area contributed by atoms with E-state index in [9.17, 15) is 4.79 Å². The summed E-state index contributed by atoms with van der Waals surface area (Å²) in [5.41, 5.74) is 1.26. The van der Waals surface area contributed by atoms with Crippen LogP contribution in [0.25, 0.3) is 11.0 Å². The summed E-state index contributed by atoms with van der Waals surface area (Å²) in [5.74, 6) is 1.71. The van der Waals surface area contributed by atoms with Crippen molar-refractivity contribution < 1.29 is 4.79 Å². The highest BCUT2D eigenvalue weighted by Crippen LogP contribution is 2.35. The smallest absolute Gasteiger partial charge is 0.244 e. The second-order valence-corrected chi connectivity index (χ2v) is 7.49. The van der Waals surface area contributed by atoms with E-state index in [0.29, 0.717) is 23.6 Å². The number of carbonyl (C=O) groups is 1. The first-order valence-electron chi connectivity index (χ1n) is 9.31. The standard InChI is InChI=1S/C18H23ClN8O/c1-9(11-4-5-11)22-16-12-6-7-21-15(12)24-18(25-16)23-13-8-27(26-14(13)19)10(2)17(28)20-3/h6-11H,4-5H2,1-3H3,(H,20,28)(H3,21,22,23,24,25)/t9-,10?/m0/s1. The molecule has 1 aliphatic carbocycles. The molecule has 0 saturated heterocycles. The molecule has 2 atom stereocenters. The molecule has 1 amide bonds. The van der Waals surface area contributed by atoms with E-state index in [2.05, 4.69) is 42.9 Å². The van der Waals surface area contributed by atoms with Gasteiger partial charge in [-0.15, -0.1) is 0 Å². The third kappa shape index (κ3) is 3.62. The normalized spacial score (nSPS) is 16.0. The van der Waals surface area contributed by atoms with Gasteiger partial charge in [0.25, 0.3) is 0 Å². The molecule has 3 aromatic heterocycles. The highest BCUT2D eigenvalue weighted by Gasteiger charge is 2.28. The van der Waals surface area contributed by atoms with E-state index in [1.807, 2.05) is 12.3 Å². The number of halogens is 1. The molecule has 3 heterocycles. The lowest BCUT2D eigenvalue weighted by Crippen LogP contribution is -2.28. The molecule has 3 aromatic rings. The first kappa shape index (κ1) is 18.5. The van der Waals surface area contributed by atoms with Gasteiger partial charge < -0.3 is 20.9 Å². The average molecular weight is 403 g/mol. The van der Waals surface area contributed by atoms with Crippen LogP contribution >= 0.6 is 11.6 Å². The molecule has 0 bridgehead atoms. The Labute approximate surface area is 167 Å². The molecule has 1 unspecified atom stereocenters. The maximum Gasteiger partial charge on any atom is 0.244 e. The Hall–Kier alpha value is -2.81. The minimum absolute atomic E-state index is 0.157. The number of hydrogen-bond acceptors (Lipinski definition) is 6. The van der Waals surface area contributed by atoms with E-state index in [0.717, 1.165) is 16.9 Å². The van der Waals surface area contributed by atoms with Gasteiger partial charge in [-0.05, 0) is 38.7 Å². The van der Waals surface area contributed by atoms with Crippen LogP contribution in [0.1, 0.15) is 32.7 Å². The van der Waals surface area contributed by atoms with Gasteiger partial charge in [-0.25, -0.2) is 0 Å². The Balaban J connectivity index is 1.61. The van der Waals surface area contributed by atoms with Crippen LogP contribution < -0.4 is 16.0 Å². The molecular formula is C18H23ClN8O. The molecule has 9 nitrogen and oxygen atoms in total. The third-order valence-electron chi connectivity index (χ3n) is 5.07. The largest absolute Gasteiger partial charge is 0.367 e. The number of nitrogens with one attached hydrogen (secondary N) is 4. The number of aromatic amines is 1. The number of rotatable bonds is 7. The lowest BCUT2D eigenvalue weighted by molar-refractivity contribution is -0.123. The average Bonchev–Trinajstić information content (AvgIpc) is 3.33. The van der Waals surface area contributed by atoms with Crippen molar-refractivity contribution in [1.82, 2.24) is 30.0 Å². The van der Waals surface area contributed by atoms with Crippen LogP contribution in [-0.4, -0.2) is 43.7 Å². The van der Waals surface area contributed by atoms with Crippen LogP contribution in [0.3, 0.4) is 0 Å². The lowest BCUT2D eigenvalue weighted by atomic mass is 10.2. The Kier molecular flexibility index (Phi) is 4.84. The van der Waals surface area contributed by atoms with Crippen molar-refractivity contribution in [1.29, 1.82) is 0 Å². The van der Waals surface area contributed by atoms with Crippen molar-refractivity contribution in [2.75, 3.05) is 17.7 Å². The monoisotopic (exact) mass is 402 g/mol. The van der Waals surface area contributed by atoms with Gasteiger partial charge in [0.15, 0.2) is 5.15 Å². The minimum Gasteiger partial charge on any atom is -0.367 e. The summed E-state index contributed by atoms with van der Waals surface area (Å²) in [6.45, 7) is 3.92. The second-order valence-electron chi connectivity index (χ2n) is 7.14. The van der Waals surface area contributed by atoms with Crippen molar-refractivity contribution in [3.8, 4) is 0 Å². The minimum atomic E-state index is -0.485. The molecule has 0 aromatic carbocycles. The summed E-state index contributed by atoms with van der Waals surface area (Å²) < 4.78 is 1.50. The van der Waals surface area contributed by atoms with Crippen LogP contribution in [0, 0.1) is 5.92 Å². The third-order valence-corrected chi connectivity index (χ3v) is 5.34. The number of fused-ring (bicyclic) bond motifs is 1. The maximum absolute atomic E-state index is 11.8. The molecule has 10 heteroatoms. The molecule has 4 N–H and O–H groups in total. The Bertz CT molecular complexity index is 1010. The highest BCUT2D eigenvalue weighted by atomic mass is 35.5. The Morgan fingerprint density at radius 3 is 2.86 bits per heavy atom. The fourth-order valence-electron chi connectivity index (χ4n) is 3.14. The molecular weight excluding hydrogens is 380 g/mol. The van der Waals surface area contributed by atoms with Gasteiger partial charge in [0, 0.05) is 19.3 Å².